The van der Waals surface area contributed by atoms with Gasteiger partial charge in [0.05, 0.1) is 0 Å². The van der Waals surface area contributed by atoms with Crippen LogP contribution in [0.15, 0.2) is 9.21 Å². The summed E-state index contributed by atoms with van der Waals surface area (Å²) < 4.78 is 35.8. The van der Waals surface area contributed by atoms with E-state index >= 15 is 0 Å². The molecule has 1 aromatic rings. The second-order valence-electron chi connectivity index (χ2n) is 1.69. The van der Waals surface area contributed by atoms with Crippen LogP contribution in [0.3, 0.4) is 0 Å². The minimum absolute atomic E-state index is 0.116. The second kappa shape index (κ2) is 2.78. The molecule has 11 heavy (non-hydrogen) atoms. The van der Waals surface area contributed by atoms with Gasteiger partial charge in [0.2, 0.25) is 5.82 Å². The Kier molecular flexibility index (Phi) is 2.29. The van der Waals surface area contributed by atoms with E-state index in [0.717, 1.165) is 0 Å². The Morgan fingerprint density at radius 2 is 1.82 bits per heavy atom. The van der Waals surface area contributed by atoms with E-state index < -0.39 is 12.0 Å². The Morgan fingerprint density at radius 3 is 2.00 bits per heavy atom. The van der Waals surface area contributed by atoms with Gasteiger partial charge in [-0.25, -0.2) is 4.98 Å². The highest BCUT2D eigenvalue weighted by molar-refractivity contribution is 9.13. The quantitative estimate of drug-likeness (QED) is 0.783. The largest absolute Gasteiger partial charge is 0.449 e. The molecule has 7 heteroatoms. The van der Waals surface area contributed by atoms with Crippen LogP contribution in [0.5, 0.6) is 0 Å². The van der Waals surface area contributed by atoms with E-state index in [1.165, 1.54) is 0 Å². The smallest absolute Gasteiger partial charge is 0.328 e. The van der Waals surface area contributed by atoms with E-state index in [0.29, 0.717) is 0 Å². The van der Waals surface area contributed by atoms with Crippen molar-refractivity contribution in [3.63, 3.8) is 0 Å². The highest BCUT2D eigenvalue weighted by Crippen LogP contribution is 2.30. The predicted molar refractivity (Wildman–Crippen MR) is 39.0 cm³/mol. The zero-order valence-corrected chi connectivity index (χ0v) is 8.01. The van der Waals surface area contributed by atoms with Gasteiger partial charge in [-0.3, -0.25) is 0 Å². The van der Waals surface area contributed by atoms with E-state index in [2.05, 4.69) is 36.8 Å². The van der Waals surface area contributed by atoms with Crippen molar-refractivity contribution in [2.75, 3.05) is 0 Å². The number of nitrogens with one attached hydrogen (secondary N) is 1. The van der Waals surface area contributed by atoms with Crippen molar-refractivity contribution in [3.8, 4) is 0 Å². The van der Waals surface area contributed by atoms with E-state index in [1.54, 1.807) is 0 Å². The van der Waals surface area contributed by atoms with Crippen LogP contribution in [0.1, 0.15) is 5.82 Å². The molecule has 0 aliphatic carbocycles. The minimum Gasteiger partial charge on any atom is -0.328 e. The molecule has 0 unspecified atom stereocenters. The van der Waals surface area contributed by atoms with Crippen LogP contribution >= 0.6 is 31.9 Å². The van der Waals surface area contributed by atoms with Crippen LogP contribution in [0, 0.1) is 0 Å². The lowest BCUT2D eigenvalue weighted by molar-refractivity contribution is -0.144. The number of H-pyrrole nitrogens is 1. The van der Waals surface area contributed by atoms with Crippen LogP contribution in [0.4, 0.5) is 13.2 Å². The molecule has 1 heterocycles. The van der Waals surface area contributed by atoms with Gasteiger partial charge in [-0.2, -0.15) is 13.2 Å². The summed E-state index contributed by atoms with van der Waals surface area (Å²) in [5, 5.41) is 0. The number of hydrogen-bond donors (Lipinski definition) is 1. The summed E-state index contributed by atoms with van der Waals surface area (Å²) in [4.78, 5) is 5.19. The fraction of sp³-hybridized carbons (Fsp3) is 0.250. The summed E-state index contributed by atoms with van der Waals surface area (Å²) in [5.41, 5.74) is 0. The molecule has 2 nitrogen and oxygen atoms in total. The van der Waals surface area contributed by atoms with Gasteiger partial charge in [-0.15, -0.1) is 0 Å². The Balaban J connectivity index is 3.08. The first kappa shape index (κ1) is 9.05. The number of halogens is 5. The molecule has 0 spiro atoms. The maximum Gasteiger partial charge on any atom is 0.449 e. The number of hydrogen-bond acceptors (Lipinski definition) is 1. The monoisotopic (exact) mass is 292 g/mol. The van der Waals surface area contributed by atoms with Crippen molar-refractivity contribution in [2.45, 2.75) is 6.18 Å². The molecule has 62 valence electrons. The molecular formula is C4HBr2F3N2. The molecule has 0 saturated carbocycles. The van der Waals surface area contributed by atoms with Crippen molar-refractivity contribution >= 4 is 31.9 Å². The van der Waals surface area contributed by atoms with E-state index in [9.17, 15) is 13.2 Å². The lowest BCUT2D eigenvalue weighted by Crippen LogP contribution is -2.06. The first-order chi connectivity index (χ1) is 4.91. The summed E-state index contributed by atoms with van der Waals surface area (Å²) >= 11 is 5.66. The highest BCUT2D eigenvalue weighted by atomic mass is 79.9. The summed E-state index contributed by atoms with van der Waals surface area (Å²) in [6, 6.07) is 0. The molecule has 0 fully saturated rings. The highest BCUT2D eigenvalue weighted by Gasteiger charge is 2.35. The molecule has 0 atom stereocenters. The van der Waals surface area contributed by atoms with Gasteiger partial charge in [0, 0.05) is 0 Å². The average Bonchev–Trinajstić information content (AvgIpc) is 2.11. The summed E-state index contributed by atoms with van der Waals surface area (Å²) in [7, 11) is 0. The van der Waals surface area contributed by atoms with Crippen molar-refractivity contribution in [1.82, 2.24) is 9.97 Å². The second-order valence-corrected chi connectivity index (χ2v) is 3.23. The van der Waals surface area contributed by atoms with Crippen molar-refractivity contribution in [1.29, 1.82) is 0 Å². The zero-order chi connectivity index (χ0) is 8.65. The Bertz CT molecular complexity index is 247. The molecule has 0 amide bonds. The SMILES string of the molecule is FC(F)(F)c1nc(Br)c(Br)[nH]1. The lowest BCUT2D eigenvalue weighted by atomic mass is 10.6. The van der Waals surface area contributed by atoms with Gasteiger partial charge in [0.25, 0.3) is 0 Å². The number of imidazole rings is 1. The molecule has 0 saturated heterocycles. The minimum atomic E-state index is -4.42. The first-order valence-corrected chi connectivity index (χ1v) is 3.98. The molecular weight excluding hydrogens is 293 g/mol. The molecule has 0 radical (unpaired) electrons. The topological polar surface area (TPSA) is 28.7 Å². The normalized spacial score (nSPS) is 12.1. The van der Waals surface area contributed by atoms with Crippen LogP contribution in [-0.2, 0) is 6.18 Å². The Morgan fingerprint density at radius 1 is 1.27 bits per heavy atom. The summed E-state index contributed by atoms with van der Waals surface area (Å²) in [5.74, 6) is -1.02. The third-order valence-electron chi connectivity index (χ3n) is 0.888. The number of aromatic amines is 1. The standard InChI is InChI=1S/C4HBr2F3N2/c5-1-2(6)11-3(10-1)4(7,8)9/h(H,10,11). The number of rotatable bonds is 0. The Labute approximate surface area is 76.5 Å². The number of alkyl halides is 3. The van der Waals surface area contributed by atoms with Crippen LogP contribution < -0.4 is 0 Å². The summed E-state index contributed by atoms with van der Waals surface area (Å²) in [6.45, 7) is 0. The van der Waals surface area contributed by atoms with Gasteiger partial charge in [0.1, 0.15) is 9.21 Å². The Hall–Kier alpha value is -0.0400. The van der Waals surface area contributed by atoms with Crippen LogP contribution in [-0.4, -0.2) is 9.97 Å². The van der Waals surface area contributed by atoms with E-state index in [1.807, 2.05) is 4.98 Å². The third-order valence-corrected chi connectivity index (χ3v) is 2.57. The molecule has 0 aliphatic heterocycles. The fourth-order valence-electron chi connectivity index (χ4n) is 0.465. The third kappa shape index (κ3) is 1.96. The molecule has 0 bridgehead atoms. The maximum absolute atomic E-state index is 11.8. The van der Waals surface area contributed by atoms with Gasteiger partial charge >= 0.3 is 6.18 Å². The maximum atomic E-state index is 11.8. The zero-order valence-electron chi connectivity index (χ0n) is 4.84. The molecule has 1 N–H and O–H groups in total. The van der Waals surface area contributed by atoms with Crippen molar-refractivity contribution in [3.05, 3.63) is 15.0 Å². The van der Waals surface area contributed by atoms with Gasteiger partial charge in [-0.05, 0) is 31.9 Å². The van der Waals surface area contributed by atoms with E-state index in [4.69, 9.17) is 0 Å². The first-order valence-electron chi connectivity index (χ1n) is 2.39. The lowest BCUT2D eigenvalue weighted by Gasteiger charge is -1.98. The molecule has 0 aliphatic rings. The van der Waals surface area contributed by atoms with Crippen LogP contribution in [0.25, 0.3) is 0 Å². The number of nitrogens with zero attached hydrogens (tertiary/aromatic N) is 1. The fourth-order valence-corrected chi connectivity index (χ4v) is 1.02. The van der Waals surface area contributed by atoms with Gasteiger partial charge in [-0.1, -0.05) is 0 Å². The van der Waals surface area contributed by atoms with Crippen LogP contribution in [0.2, 0.25) is 0 Å². The van der Waals surface area contributed by atoms with Crippen molar-refractivity contribution < 1.29 is 13.2 Å². The molecule has 1 rings (SSSR count). The molecule has 1 aromatic heterocycles. The predicted octanol–water partition coefficient (Wildman–Crippen LogP) is 2.95. The average molecular weight is 294 g/mol. The van der Waals surface area contributed by atoms with Gasteiger partial charge in [0.15, 0.2) is 0 Å². The van der Waals surface area contributed by atoms with Gasteiger partial charge < -0.3 is 4.98 Å². The number of aromatic nitrogens is 2. The molecule has 0 aromatic carbocycles. The van der Waals surface area contributed by atoms with E-state index in [-0.39, 0.29) is 9.21 Å². The van der Waals surface area contributed by atoms with Crippen molar-refractivity contribution in [2.24, 2.45) is 0 Å². The summed E-state index contributed by atoms with van der Waals surface area (Å²) in [6.07, 6.45) is -4.42.